The number of hydrogen-bond donors (Lipinski definition) is 2. The smallest absolute Gasteiger partial charge is 0.300 e. The van der Waals surface area contributed by atoms with Gasteiger partial charge in [0.05, 0.1) is 0 Å². The van der Waals surface area contributed by atoms with E-state index in [1.165, 1.54) is 64.3 Å². The lowest BCUT2D eigenvalue weighted by atomic mass is 9.86. The molecule has 0 saturated carbocycles. The molecule has 0 aromatic carbocycles. The maximum absolute atomic E-state index is 9.00. The normalized spacial score (nSPS) is 20.3. The van der Waals surface area contributed by atoms with E-state index < -0.39 is 5.97 Å². The lowest BCUT2D eigenvalue weighted by Gasteiger charge is -2.31. The number of nitrogens with one attached hydrogen (secondary N) is 1. The summed E-state index contributed by atoms with van der Waals surface area (Å²) in [5.74, 6) is 0.113. The zero-order chi connectivity index (χ0) is 14.5. The molecule has 0 bridgehead atoms. The molecule has 1 aliphatic rings. The summed E-state index contributed by atoms with van der Waals surface area (Å²) in [5, 5.41) is 11.1. The molecule has 3 nitrogen and oxygen atoms in total. The van der Waals surface area contributed by atoms with E-state index in [-0.39, 0.29) is 0 Å². The number of carbonyl (C=O) groups is 1. The van der Waals surface area contributed by atoms with Crippen molar-refractivity contribution in [3.63, 3.8) is 0 Å². The Balaban J connectivity index is 0.000000711. The molecule has 0 aromatic rings. The minimum atomic E-state index is -0.833. The van der Waals surface area contributed by atoms with Gasteiger partial charge in [0.15, 0.2) is 0 Å². The highest BCUT2D eigenvalue weighted by molar-refractivity contribution is 5.62. The SMILES string of the molecule is CC(=O)O.CCCCCCC(CC)C1CCCCN1. The Labute approximate surface area is 119 Å². The van der Waals surface area contributed by atoms with Crippen LogP contribution in [0.15, 0.2) is 0 Å². The molecule has 0 spiro atoms. The number of rotatable bonds is 7. The molecule has 1 saturated heterocycles. The average molecular weight is 271 g/mol. The predicted molar refractivity (Wildman–Crippen MR) is 81.5 cm³/mol. The fourth-order valence-electron chi connectivity index (χ4n) is 2.80. The molecular formula is C16H33NO2. The van der Waals surface area contributed by atoms with E-state index >= 15 is 0 Å². The zero-order valence-electron chi connectivity index (χ0n) is 13.1. The fraction of sp³-hybridized carbons (Fsp3) is 0.938. The molecule has 19 heavy (non-hydrogen) atoms. The third kappa shape index (κ3) is 11.0. The predicted octanol–water partition coefficient (Wildman–Crippen LogP) is 4.22. The largest absolute Gasteiger partial charge is 0.481 e. The Hall–Kier alpha value is -0.570. The van der Waals surface area contributed by atoms with Crippen LogP contribution < -0.4 is 5.32 Å². The van der Waals surface area contributed by atoms with Crippen LogP contribution in [0.3, 0.4) is 0 Å². The van der Waals surface area contributed by atoms with Crippen molar-refractivity contribution in [2.24, 2.45) is 5.92 Å². The molecule has 1 rings (SSSR count). The number of unbranched alkanes of at least 4 members (excludes halogenated alkanes) is 3. The average Bonchev–Trinajstić information content (AvgIpc) is 2.39. The van der Waals surface area contributed by atoms with Crippen LogP contribution >= 0.6 is 0 Å². The van der Waals surface area contributed by atoms with Gasteiger partial charge < -0.3 is 10.4 Å². The first-order chi connectivity index (χ1) is 9.11. The van der Waals surface area contributed by atoms with Gasteiger partial charge in [-0.1, -0.05) is 52.4 Å². The standard InChI is InChI=1S/C14H29N.C2H4O2/c1-3-5-6-7-10-13(4-2)14-11-8-9-12-15-14;1-2(3)4/h13-15H,3-12H2,1-2H3;1H3,(H,3,4). The van der Waals surface area contributed by atoms with Crippen LogP contribution in [0.4, 0.5) is 0 Å². The molecule has 1 heterocycles. The van der Waals surface area contributed by atoms with Gasteiger partial charge in [0.25, 0.3) is 5.97 Å². The van der Waals surface area contributed by atoms with Crippen LogP contribution in [-0.2, 0) is 4.79 Å². The van der Waals surface area contributed by atoms with Gasteiger partial charge in [-0.05, 0) is 31.7 Å². The van der Waals surface area contributed by atoms with E-state index in [0.717, 1.165) is 18.9 Å². The summed E-state index contributed by atoms with van der Waals surface area (Å²) >= 11 is 0. The van der Waals surface area contributed by atoms with E-state index in [2.05, 4.69) is 19.2 Å². The van der Waals surface area contributed by atoms with Crippen molar-refractivity contribution in [3.05, 3.63) is 0 Å². The molecule has 3 heteroatoms. The van der Waals surface area contributed by atoms with Crippen LogP contribution in [0.25, 0.3) is 0 Å². The maximum Gasteiger partial charge on any atom is 0.300 e. The van der Waals surface area contributed by atoms with Crippen LogP contribution in [0, 0.1) is 5.92 Å². The minimum Gasteiger partial charge on any atom is -0.481 e. The Kier molecular flexibility index (Phi) is 12.1. The molecule has 0 radical (unpaired) electrons. The summed E-state index contributed by atoms with van der Waals surface area (Å²) in [5.41, 5.74) is 0. The van der Waals surface area contributed by atoms with E-state index in [9.17, 15) is 0 Å². The highest BCUT2D eigenvalue weighted by atomic mass is 16.4. The second-order valence-corrected chi connectivity index (χ2v) is 5.59. The Morgan fingerprint density at radius 1 is 1.26 bits per heavy atom. The van der Waals surface area contributed by atoms with E-state index in [0.29, 0.717) is 0 Å². The van der Waals surface area contributed by atoms with E-state index in [1.807, 2.05) is 0 Å². The second kappa shape index (κ2) is 12.5. The molecular weight excluding hydrogens is 238 g/mol. The van der Waals surface area contributed by atoms with E-state index in [4.69, 9.17) is 9.90 Å². The van der Waals surface area contributed by atoms with Crippen LogP contribution in [0.1, 0.15) is 78.6 Å². The summed E-state index contributed by atoms with van der Waals surface area (Å²) in [7, 11) is 0. The quantitative estimate of drug-likeness (QED) is 0.682. The molecule has 2 atom stereocenters. The van der Waals surface area contributed by atoms with Crippen LogP contribution in [-0.4, -0.2) is 23.7 Å². The third-order valence-corrected chi connectivity index (χ3v) is 3.87. The molecule has 1 aliphatic heterocycles. The van der Waals surface area contributed by atoms with Crippen molar-refractivity contribution in [2.45, 2.75) is 84.6 Å². The summed E-state index contributed by atoms with van der Waals surface area (Å²) in [6.45, 7) is 7.00. The van der Waals surface area contributed by atoms with Gasteiger partial charge in [0, 0.05) is 13.0 Å². The topological polar surface area (TPSA) is 49.3 Å². The minimum absolute atomic E-state index is 0.833. The maximum atomic E-state index is 9.00. The van der Waals surface area contributed by atoms with Gasteiger partial charge in [-0.15, -0.1) is 0 Å². The van der Waals surface area contributed by atoms with Gasteiger partial charge in [0.2, 0.25) is 0 Å². The second-order valence-electron chi connectivity index (χ2n) is 5.59. The summed E-state index contributed by atoms with van der Waals surface area (Å²) < 4.78 is 0. The third-order valence-electron chi connectivity index (χ3n) is 3.87. The van der Waals surface area contributed by atoms with Gasteiger partial charge in [-0.3, -0.25) is 4.79 Å². The molecule has 2 unspecified atom stereocenters. The number of piperidine rings is 1. The summed E-state index contributed by atoms with van der Waals surface area (Å²) in [6, 6.07) is 0.838. The first-order valence-electron chi connectivity index (χ1n) is 8.04. The highest BCUT2D eigenvalue weighted by Gasteiger charge is 2.20. The van der Waals surface area contributed by atoms with Crippen LogP contribution in [0.2, 0.25) is 0 Å². The number of carboxylic acids is 1. The molecule has 1 fully saturated rings. The zero-order valence-corrected chi connectivity index (χ0v) is 13.1. The van der Waals surface area contributed by atoms with E-state index in [1.54, 1.807) is 0 Å². The molecule has 0 amide bonds. The van der Waals surface area contributed by atoms with Gasteiger partial charge in [-0.2, -0.15) is 0 Å². The van der Waals surface area contributed by atoms with Crippen molar-refractivity contribution < 1.29 is 9.90 Å². The number of carboxylic acid groups (broad SMARTS) is 1. The van der Waals surface area contributed by atoms with Crippen molar-refractivity contribution >= 4 is 5.97 Å². The Morgan fingerprint density at radius 2 is 1.95 bits per heavy atom. The van der Waals surface area contributed by atoms with Gasteiger partial charge in [-0.25, -0.2) is 0 Å². The first kappa shape index (κ1) is 18.4. The molecule has 0 aromatic heterocycles. The Morgan fingerprint density at radius 3 is 2.42 bits per heavy atom. The first-order valence-corrected chi connectivity index (χ1v) is 8.04. The molecule has 114 valence electrons. The highest BCUT2D eigenvalue weighted by Crippen LogP contribution is 2.23. The van der Waals surface area contributed by atoms with Crippen molar-refractivity contribution in [3.8, 4) is 0 Å². The Bertz CT molecular complexity index is 209. The monoisotopic (exact) mass is 271 g/mol. The van der Waals surface area contributed by atoms with Crippen molar-refractivity contribution in [2.75, 3.05) is 6.54 Å². The lowest BCUT2D eigenvalue weighted by Crippen LogP contribution is -2.39. The lowest BCUT2D eigenvalue weighted by molar-refractivity contribution is -0.134. The summed E-state index contributed by atoms with van der Waals surface area (Å²) in [4.78, 5) is 9.00. The number of hydrogen-bond acceptors (Lipinski definition) is 2. The fourth-order valence-corrected chi connectivity index (χ4v) is 2.80. The van der Waals surface area contributed by atoms with Crippen LogP contribution in [0.5, 0.6) is 0 Å². The van der Waals surface area contributed by atoms with Crippen molar-refractivity contribution in [1.82, 2.24) is 5.32 Å². The molecule has 0 aliphatic carbocycles. The number of aliphatic carboxylic acids is 1. The van der Waals surface area contributed by atoms with Gasteiger partial charge >= 0.3 is 0 Å². The van der Waals surface area contributed by atoms with Crippen molar-refractivity contribution in [1.29, 1.82) is 0 Å². The molecule has 2 N–H and O–H groups in total. The van der Waals surface area contributed by atoms with Gasteiger partial charge in [0.1, 0.15) is 0 Å². The summed E-state index contributed by atoms with van der Waals surface area (Å²) in [6.07, 6.45) is 12.8.